The van der Waals surface area contributed by atoms with Crippen molar-refractivity contribution < 1.29 is 9.32 Å². The standard InChI is InChI=1S/C19H22N4O2/c1-13(11-15-7-8-16-5-3-4-6-17(16)12-15)21-19(24)20-10-9-18-22-14(2)23-25-18/h3-8,12-13H,9-11H2,1-2H3,(H2,20,21,24). The van der Waals surface area contributed by atoms with Gasteiger partial charge in [-0.15, -0.1) is 0 Å². The van der Waals surface area contributed by atoms with Crippen LogP contribution in [0, 0.1) is 6.92 Å². The normalized spacial score (nSPS) is 12.1. The lowest BCUT2D eigenvalue weighted by molar-refractivity contribution is 0.237. The van der Waals surface area contributed by atoms with Crippen LogP contribution in [0.2, 0.25) is 0 Å². The van der Waals surface area contributed by atoms with Crippen molar-refractivity contribution in [2.75, 3.05) is 6.54 Å². The van der Waals surface area contributed by atoms with Gasteiger partial charge in [-0.25, -0.2) is 4.79 Å². The van der Waals surface area contributed by atoms with Crippen molar-refractivity contribution >= 4 is 16.8 Å². The molecular formula is C19H22N4O2. The van der Waals surface area contributed by atoms with Gasteiger partial charge in [-0.2, -0.15) is 4.98 Å². The van der Waals surface area contributed by atoms with Gasteiger partial charge in [0, 0.05) is 19.0 Å². The number of aryl methyl sites for hydroxylation is 1. The summed E-state index contributed by atoms with van der Waals surface area (Å²) in [6.07, 6.45) is 1.30. The smallest absolute Gasteiger partial charge is 0.315 e. The molecule has 6 heteroatoms. The lowest BCUT2D eigenvalue weighted by Crippen LogP contribution is -2.42. The topological polar surface area (TPSA) is 80.0 Å². The second kappa shape index (κ2) is 7.79. The van der Waals surface area contributed by atoms with Crippen molar-refractivity contribution in [3.05, 3.63) is 59.7 Å². The molecule has 3 aromatic rings. The third-order valence-corrected chi connectivity index (χ3v) is 3.93. The molecule has 1 atom stereocenters. The molecule has 0 radical (unpaired) electrons. The molecule has 0 aliphatic carbocycles. The third kappa shape index (κ3) is 4.79. The maximum atomic E-state index is 12.0. The van der Waals surface area contributed by atoms with Gasteiger partial charge < -0.3 is 15.2 Å². The number of urea groups is 1. The maximum absolute atomic E-state index is 12.0. The molecule has 0 fully saturated rings. The Morgan fingerprint density at radius 3 is 2.76 bits per heavy atom. The fraction of sp³-hybridized carbons (Fsp3) is 0.316. The van der Waals surface area contributed by atoms with Gasteiger partial charge >= 0.3 is 6.03 Å². The van der Waals surface area contributed by atoms with Crippen LogP contribution in [-0.4, -0.2) is 28.8 Å². The monoisotopic (exact) mass is 338 g/mol. The molecule has 6 nitrogen and oxygen atoms in total. The second-order valence-corrected chi connectivity index (χ2v) is 6.17. The highest BCUT2D eigenvalue weighted by Crippen LogP contribution is 2.16. The molecule has 130 valence electrons. The van der Waals surface area contributed by atoms with E-state index in [9.17, 15) is 4.79 Å². The van der Waals surface area contributed by atoms with Crippen LogP contribution in [0.3, 0.4) is 0 Å². The molecule has 2 N–H and O–H groups in total. The number of carbonyl (C=O) groups is 1. The molecule has 1 heterocycles. The Balaban J connectivity index is 1.45. The molecule has 0 aliphatic heterocycles. The summed E-state index contributed by atoms with van der Waals surface area (Å²) in [6, 6.07) is 14.5. The van der Waals surface area contributed by atoms with Crippen LogP contribution in [0.25, 0.3) is 10.8 Å². The molecule has 2 aromatic carbocycles. The molecule has 0 bridgehead atoms. The summed E-state index contributed by atoms with van der Waals surface area (Å²) in [5.41, 5.74) is 1.20. The zero-order valence-electron chi connectivity index (χ0n) is 14.5. The number of rotatable bonds is 6. The van der Waals surface area contributed by atoms with Crippen LogP contribution < -0.4 is 10.6 Å². The Hall–Kier alpha value is -2.89. The summed E-state index contributed by atoms with van der Waals surface area (Å²) in [5.74, 6) is 1.13. The van der Waals surface area contributed by atoms with E-state index in [2.05, 4.69) is 51.1 Å². The fourth-order valence-electron chi connectivity index (χ4n) is 2.77. The first-order chi connectivity index (χ1) is 12.1. The van der Waals surface area contributed by atoms with Gasteiger partial charge in [-0.05, 0) is 36.6 Å². The number of amides is 2. The number of nitrogens with one attached hydrogen (secondary N) is 2. The Morgan fingerprint density at radius 2 is 2.00 bits per heavy atom. The minimum absolute atomic E-state index is 0.0341. The Morgan fingerprint density at radius 1 is 1.20 bits per heavy atom. The van der Waals surface area contributed by atoms with Crippen LogP contribution in [0.4, 0.5) is 4.79 Å². The van der Waals surface area contributed by atoms with Gasteiger partial charge in [0.1, 0.15) is 0 Å². The zero-order chi connectivity index (χ0) is 17.6. The number of aromatic nitrogens is 2. The molecule has 0 saturated carbocycles. The van der Waals surface area contributed by atoms with Gasteiger partial charge in [0.25, 0.3) is 0 Å². The van der Waals surface area contributed by atoms with E-state index in [1.54, 1.807) is 6.92 Å². The van der Waals surface area contributed by atoms with Crippen LogP contribution in [0.1, 0.15) is 24.2 Å². The number of fused-ring (bicyclic) bond motifs is 1. The highest BCUT2D eigenvalue weighted by molar-refractivity contribution is 5.83. The quantitative estimate of drug-likeness (QED) is 0.724. The predicted molar refractivity (Wildman–Crippen MR) is 96.4 cm³/mol. The van der Waals surface area contributed by atoms with Gasteiger partial charge in [-0.1, -0.05) is 47.6 Å². The highest BCUT2D eigenvalue weighted by Gasteiger charge is 2.09. The van der Waals surface area contributed by atoms with Crippen molar-refractivity contribution in [3.63, 3.8) is 0 Å². The van der Waals surface area contributed by atoms with Crippen molar-refractivity contribution in [1.29, 1.82) is 0 Å². The van der Waals surface area contributed by atoms with Gasteiger partial charge in [-0.3, -0.25) is 0 Å². The minimum Gasteiger partial charge on any atom is -0.339 e. The number of nitrogens with zero attached hydrogens (tertiary/aromatic N) is 2. The molecule has 3 rings (SSSR count). The lowest BCUT2D eigenvalue weighted by atomic mass is 10.0. The van der Waals surface area contributed by atoms with Crippen molar-refractivity contribution in [2.24, 2.45) is 0 Å². The fourth-order valence-corrected chi connectivity index (χ4v) is 2.77. The first-order valence-corrected chi connectivity index (χ1v) is 8.41. The summed E-state index contributed by atoms with van der Waals surface area (Å²) in [7, 11) is 0. The maximum Gasteiger partial charge on any atom is 0.315 e. The molecular weight excluding hydrogens is 316 g/mol. The van der Waals surface area contributed by atoms with Crippen molar-refractivity contribution in [2.45, 2.75) is 32.7 Å². The van der Waals surface area contributed by atoms with Crippen LogP contribution in [0.15, 0.2) is 47.0 Å². The Labute approximate surface area is 146 Å². The van der Waals surface area contributed by atoms with E-state index in [-0.39, 0.29) is 12.1 Å². The summed E-state index contributed by atoms with van der Waals surface area (Å²) >= 11 is 0. The number of hydrogen-bond donors (Lipinski definition) is 2. The highest BCUT2D eigenvalue weighted by atomic mass is 16.5. The van der Waals surface area contributed by atoms with Crippen LogP contribution in [0.5, 0.6) is 0 Å². The predicted octanol–water partition coefficient (Wildman–Crippen LogP) is 3.00. The molecule has 2 amide bonds. The van der Waals surface area contributed by atoms with Crippen LogP contribution in [-0.2, 0) is 12.8 Å². The SMILES string of the molecule is Cc1noc(CCNC(=O)NC(C)Cc2ccc3ccccc3c2)n1. The summed E-state index contributed by atoms with van der Waals surface area (Å²) < 4.78 is 5.01. The lowest BCUT2D eigenvalue weighted by Gasteiger charge is -2.15. The Kier molecular flexibility index (Phi) is 5.28. The van der Waals surface area contributed by atoms with Crippen molar-refractivity contribution in [3.8, 4) is 0 Å². The molecule has 25 heavy (non-hydrogen) atoms. The molecule has 0 aliphatic rings. The summed E-state index contributed by atoms with van der Waals surface area (Å²) in [6.45, 7) is 4.22. The number of carbonyl (C=O) groups excluding carboxylic acids is 1. The first kappa shape index (κ1) is 17.0. The van der Waals surface area contributed by atoms with E-state index >= 15 is 0 Å². The van der Waals surface area contributed by atoms with E-state index in [0.29, 0.717) is 24.7 Å². The molecule has 1 unspecified atom stereocenters. The third-order valence-electron chi connectivity index (χ3n) is 3.93. The van der Waals surface area contributed by atoms with E-state index in [1.807, 2.05) is 19.1 Å². The van der Waals surface area contributed by atoms with E-state index < -0.39 is 0 Å². The van der Waals surface area contributed by atoms with Gasteiger partial charge in [0.05, 0.1) is 0 Å². The summed E-state index contributed by atoms with van der Waals surface area (Å²) in [5, 5.41) is 11.9. The average molecular weight is 338 g/mol. The van der Waals surface area contributed by atoms with Gasteiger partial charge in [0.2, 0.25) is 5.89 Å². The summed E-state index contributed by atoms with van der Waals surface area (Å²) in [4.78, 5) is 16.1. The van der Waals surface area contributed by atoms with E-state index in [1.165, 1.54) is 16.3 Å². The van der Waals surface area contributed by atoms with Gasteiger partial charge in [0.15, 0.2) is 5.82 Å². The van der Waals surface area contributed by atoms with E-state index in [0.717, 1.165) is 6.42 Å². The molecule has 0 spiro atoms. The van der Waals surface area contributed by atoms with E-state index in [4.69, 9.17) is 4.52 Å². The minimum atomic E-state index is -0.190. The second-order valence-electron chi connectivity index (χ2n) is 6.17. The van der Waals surface area contributed by atoms with Crippen molar-refractivity contribution in [1.82, 2.24) is 20.8 Å². The van der Waals surface area contributed by atoms with Crippen LogP contribution >= 0.6 is 0 Å². The Bertz CT molecular complexity index is 859. The molecule has 1 aromatic heterocycles. The first-order valence-electron chi connectivity index (χ1n) is 8.41. The number of hydrogen-bond acceptors (Lipinski definition) is 4. The largest absolute Gasteiger partial charge is 0.339 e. The number of benzene rings is 2. The zero-order valence-corrected chi connectivity index (χ0v) is 14.5. The molecule has 0 saturated heterocycles. The average Bonchev–Trinajstić information content (AvgIpc) is 3.00.